The number of rotatable bonds is 5. The molecule has 0 bridgehead atoms. The number of para-hydroxylation sites is 1. The van der Waals surface area contributed by atoms with Crippen molar-refractivity contribution in [1.29, 1.82) is 0 Å². The number of carbonyl (C=O) groups excluding carboxylic acids is 1. The van der Waals surface area contributed by atoms with Crippen molar-refractivity contribution in [2.45, 2.75) is 46.0 Å². The molecule has 0 unspecified atom stereocenters. The molecule has 3 aromatic rings. The Morgan fingerprint density at radius 1 is 1.18 bits per heavy atom. The molecule has 2 aromatic heterocycles. The maximum Gasteiger partial charge on any atom is 0.252 e. The minimum absolute atomic E-state index is 0.0531. The molecule has 0 atom stereocenters. The summed E-state index contributed by atoms with van der Waals surface area (Å²) in [6, 6.07) is 11.8. The van der Waals surface area contributed by atoms with Gasteiger partial charge in [0.1, 0.15) is 0 Å². The van der Waals surface area contributed by atoms with Crippen molar-refractivity contribution < 1.29 is 4.79 Å². The predicted octanol–water partition coefficient (Wildman–Crippen LogP) is 4.66. The number of hydrogen-bond donors (Lipinski definition) is 1. The highest BCUT2D eigenvalue weighted by atomic mass is 16.1. The van der Waals surface area contributed by atoms with Crippen LogP contribution in [0.3, 0.4) is 0 Å². The fourth-order valence-corrected chi connectivity index (χ4v) is 3.91. The Kier molecular flexibility index (Phi) is 5.24. The van der Waals surface area contributed by atoms with Crippen molar-refractivity contribution in [2.75, 3.05) is 6.54 Å². The van der Waals surface area contributed by atoms with E-state index in [0.29, 0.717) is 12.1 Å². The van der Waals surface area contributed by atoms with Gasteiger partial charge in [0.05, 0.1) is 22.3 Å². The van der Waals surface area contributed by atoms with Crippen LogP contribution in [0.15, 0.2) is 48.0 Å². The Hall–Kier alpha value is -2.95. The topological polar surface area (TPSA) is 59.8 Å². The van der Waals surface area contributed by atoms with Crippen LogP contribution in [0.4, 0.5) is 0 Å². The molecule has 0 aliphatic heterocycles. The van der Waals surface area contributed by atoms with E-state index in [1.165, 1.54) is 24.8 Å². The van der Waals surface area contributed by atoms with Gasteiger partial charge in [-0.2, -0.15) is 5.10 Å². The molecule has 1 amide bonds. The van der Waals surface area contributed by atoms with Gasteiger partial charge in [-0.25, -0.2) is 9.67 Å². The highest BCUT2D eigenvalue weighted by Gasteiger charge is 2.19. The van der Waals surface area contributed by atoms with E-state index in [1.54, 1.807) is 0 Å². The molecule has 0 spiro atoms. The number of nitrogens with one attached hydrogen (secondary N) is 1. The lowest BCUT2D eigenvalue weighted by atomic mass is 9.97. The summed E-state index contributed by atoms with van der Waals surface area (Å²) in [5, 5.41) is 8.58. The summed E-state index contributed by atoms with van der Waals surface area (Å²) in [5.74, 6) is -0.0531. The minimum Gasteiger partial charge on any atom is -0.352 e. The van der Waals surface area contributed by atoms with E-state index in [-0.39, 0.29) is 5.91 Å². The molecule has 28 heavy (non-hydrogen) atoms. The number of aryl methyl sites for hydroxylation is 2. The summed E-state index contributed by atoms with van der Waals surface area (Å²) in [5.41, 5.74) is 5.41. The number of hydrogen-bond acceptors (Lipinski definition) is 3. The summed E-state index contributed by atoms with van der Waals surface area (Å²) < 4.78 is 1.82. The third-order valence-corrected chi connectivity index (χ3v) is 5.30. The number of allylic oxidation sites excluding steroid dienone is 1. The van der Waals surface area contributed by atoms with Crippen LogP contribution in [0.5, 0.6) is 0 Å². The number of benzene rings is 1. The van der Waals surface area contributed by atoms with E-state index < -0.39 is 0 Å². The highest BCUT2D eigenvalue weighted by Crippen LogP contribution is 2.25. The number of carbonyl (C=O) groups is 1. The molecule has 144 valence electrons. The molecule has 1 aliphatic rings. The standard InChI is InChI=1S/C23H26N4O/c1-16-15-20(23(28)24-14-13-18-9-5-3-6-10-18)21-17(2)26-27(22(21)25-16)19-11-7-4-8-12-19/h4,7-9,11-12,15H,3,5-6,10,13-14H2,1-2H3,(H,24,28). The number of fused-ring (bicyclic) bond motifs is 1. The number of aromatic nitrogens is 3. The van der Waals surface area contributed by atoms with Crippen molar-refractivity contribution in [1.82, 2.24) is 20.1 Å². The Labute approximate surface area is 165 Å². The van der Waals surface area contributed by atoms with E-state index in [9.17, 15) is 4.79 Å². The molecule has 0 fully saturated rings. The maximum absolute atomic E-state index is 13.0. The minimum atomic E-state index is -0.0531. The van der Waals surface area contributed by atoms with E-state index in [1.807, 2.05) is 54.9 Å². The van der Waals surface area contributed by atoms with Crippen molar-refractivity contribution >= 4 is 16.9 Å². The lowest BCUT2D eigenvalue weighted by Gasteiger charge is -2.13. The first-order chi connectivity index (χ1) is 13.6. The molecule has 5 nitrogen and oxygen atoms in total. The van der Waals surface area contributed by atoms with E-state index in [0.717, 1.165) is 41.0 Å². The quantitative estimate of drug-likeness (QED) is 0.661. The van der Waals surface area contributed by atoms with E-state index in [4.69, 9.17) is 0 Å². The SMILES string of the molecule is Cc1cc(C(=O)NCCC2=CCCCC2)c2c(C)nn(-c3ccccc3)c2n1. The van der Waals surface area contributed by atoms with Crippen LogP contribution in [0.1, 0.15) is 53.8 Å². The van der Waals surface area contributed by atoms with Crippen molar-refractivity contribution in [3.05, 3.63) is 65.0 Å². The van der Waals surface area contributed by atoms with Crippen LogP contribution in [0, 0.1) is 13.8 Å². The third-order valence-electron chi connectivity index (χ3n) is 5.30. The first-order valence-corrected chi connectivity index (χ1v) is 10.0. The zero-order chi connectivity index (χ0) is 19.5. The van der Waals surface area contributed by atoms with Gasteiger partial charge >= 0.3 is 0 Å². The fourth-order valence-electron chi connectivity index (χ4n) is 3.91. The molecule has 0 saturated carbocycles. The first kappa shape index (κ1) is 18.4. The van der Waals surface area contributed by atoms with Gasteiger partial charge in [-0.3, -0.25) is 4.79 Å². The molecular weight excluding hydrogens is 348 g/mol. The Bertz CT molecular complexity index is 1030. The summed E-state index contributed by atoms with van der Waals surface area (Å²) in [6.07, 6.45) is 8.15. The second-order valence-electron chi connectivity index (χ2n) is 7.46. The molecule has 1 aromatic carbocycles. The molecule has 1 aliphatic carbocycles. The zero-order valence-corrected chi connectivity index (χ0v) is 16.5. The fraction of sp³-hybridized carbons (Fsp3) is 0.348. The van der Waals surface area contributed by atoms with E-state index >= 15 is 0 Å². The van der Waals surface area contributed by atoms with Crippen molar-refractivity contribution in [3.8, 4) is 5.69 Å². The molecular formula is C23H26N4O. The summed E-state index contributed by atoms with van der Waals surface area (Å²) in [6.45, 7) is 4.52. The van der Waals surface area contributed by atoms with Crippen LogP contribution < -0.4 is 5.32 Å². The van der Waals surface area contributed by atoms with Gasteiger partial charge in [0.2, 0.25) is 0 Å². The average Bonchev–Trinajstić information content (AvgIpc) is 3.05. The Morgan fingerprint density at radius 3 is 2.75 bits per heavy atom. The van der Waals surface area contributed by atoms with Crippen LogP contribution in [0.25, 0.3) is 16.7 Å². The van der Waals surface area contributed by atoms with E-state index in [2.05, 4.69) is 21.5 Å². The second-order valence-corrected chi connectivity index (χ2v) is 7.46. The van der Waals surface area contributed by atoms with Crippen molar-refractivity contribution in [2.24, 2.45) is 0 Å². The van der Waals surface area contributed by atoms with Gasteiger partial charge < -0.3 is 5.32 Å². The van der Waals surface area contributed by atoms with Gasteiger partial charge in [-0.15, -0.1) is 0 Å². The smallest absolute Gasteiger partial charge is 0.252 e. The van der Waals surface area contributed by atoms with Crippen LogP contribution in [-0.4, -0.2) is 27.2 Å². The number of pyridine rings is 1. The van der Waals surface area contributed by atoms with Crippen LogP contribution in [0.2, 0.25) is 0 Å². The van der Waals surface area contributed by atoms with Gasteiger partial charge in [0, 0.05) is 12.2 Å². The summed E-state index contributed by atoms with van der Waals surface area (Å²) in [4.78, 5) is 17.6. The Balaban J connectivity index is 1.62. The van der Waals surface area contributed by atoms with Gasteiger partial charge in [0.25, 0.3) is 5.91 Å². The lowest BCUT2D eigenvalue weighted by Crippen LogP contribution is -2.25. The summed E-state index contributed by atoms with van der Waals surface area (Å²) in [7, 11) is 0. The third kappa shape index (κ3) is 3.70. The monoisotopic (exact) mass is 374 g/mol. The zero-order valence-electron chi connectivity index (χ0n) is 16.5. The molecule has 4 rings (SSSR count). The summed E-state index contributed by atoms with van der Waals surface area (Å²) >= 11 is 0. The highest BCUT2D eigenvalue weighted by molar-refractivity contribution is 6.06. The van der Waals surface area contributed by atoms with Gasteiger partial charge in [-0.1, -0.05) is 29.8 Å². The molecule has 0 saturated heterocycles. The first-order valence-electron chi connectivity index (χ1n) is 10.0. The average molecular weight is 374 g/mol. The van der Waals surface area contributed by atoms with Crippen molar-refractivity contribution in [3.63, 3.8) is 0 Å². The normalized spacial score (nSPS) is 14.1. The lowest BCUT2D eigenvalue weighted by molar-refractivity contribution is 0.0955. The molecule has 0 radical (unpaired) electrons. The van der Waals surface area contributed by atoms with Gasteiger partial charge in [-0.05, 0) is 64.2 Å². The largest absolute Gasteiger partial charge is 0.352 e. The number of nitrogens with zero attached hydrogens (tertiary/aromatic N) is 3. The maximum atomic E-state index is 13.0. The number of amides is 1. The second kappa shape index (κ2) is 7.97. The van der Waals surface area contributed by atoms with Crippen LogP contribution >= 0.6 is 0 Å². The predicted molar refractivity (Wildman–Crippen MR) is 112 cm³/mol. The Morgan fingerprint density at radius 2 is 2.00 bits per heavy atom. The molecule has 2 heterocycles. The van der Waals surface area contributed by atoms with Gasteiger partial charge in [0.15, 0.2) is 5.65 Å². The van der Waals surface area contributed by atoms with Crippen LogP contribution in [-0.2, 0) is 0 Å². The molecule has 5 heteroatoms. The molecule has 1 N–H and O–H groups in total.